The number of hydrogen-bond donors (Lipinski definition) is 1. The van der Waals surface area contributed by atoms with Gasteiger partial charge in [-0.1, -0.05) is 6.92 Å². The fraction of sp³-hybridized carbons (Fsp3) is 0.615. The van der Waals surface area contributed by atoms with Crippen LogP contribution in [-0.2, 0) is 6.54 Å². The highest BCUT2D eigenvalue weighted by Gasteiger charge is 2.20. The zero-order valence-corrected chi connectivity index (χ0v) is 10.2. The molecule has 2 rings (SSSR count). The lowest BCUT2D eigenvalue weighted by Crippen LogP contribution is -2.22. The number of anilines is 1. The summed E-state index contributed by atoms with van der Waals surface area (Å²) in [5.41, 5.74) is 2.62. The van der Waals surface area contributed by atoms with Gasteiger partial charge in [-0.05, 0) is 30.9 Å². The van der Waals surface area contributed by atoms with Crippen LogP contribution in [0.15, 0.2) is 18.5 Å². The number of nitrogens with zero attached hydrogens (tertiary/aromatic N) is 2. The molecule has 3 nitrogen and oxygen atoms in total. The van der Waals surface area contributed by atoms with Crippen molar-refractivity contribution < 1.29 is 0 Å². The van der Waals surface area contributed by atoms with Crippen LogP contribution in [0.5, 0.6) is 0 Å². The molecule has 1 fully saturated rings. The van der Waals surface area contributed by atoms with E-state index in [0.29, 0.717) is 0 Å². The van der Waals surface area contributed by atoms with Crippen molar-refractivity contribution in [1.29, 1.82) is 0 Å². The molecule has 0 unspecified atom stereocenters. The van der Waals surface area contributed by atoms with E-state index in [1.54, 1.807) is 0 Å². The lowest BCUT2D eigenvalue weighted by atomic mass is 10.2. The maximum Gasteiger partial charge on any atom is 0.0595 e. The highest BCUT2D eigenvalue weighted by atomic mass is 15.1. The molecule has 88 valence electrons. The first-order valence-corrected chi connectivity index (χ1v) is 6.18. The average Bonchev–Trinajstić information content (AvgIpc) is 3.11. The van der Waals surface area contributed by atoms with Gasteiger partial charge < -0.3 is 10.2 Å². The molecule has 1 saturated carbocycles. The Kier molecular flexibility index (Phi) is 3.78. The van der Waals surface area contributed by atoms with Crippen molar-refractivity contribution in [3.05, 3.63) is 24.0 Å². The predicted octanol–water partition coefficient (Wildman–Crippen LogP) is 2.18. The Morgan fingerprint density at radius 1 is 1.50 bits per heavy atom. The fourth-order valence-corrected chi connectivity index (χ4v) is 1.91. The highest BCUT2D eigenvalue weighted by molar-refractivity contribution is 5.50. The first kappa shape index (κ1) is 11.4. The first-order chi connectivity index (χ1) is 7.81. The highest BCUT2D eigenvalue weighted by Crippen LogP contribution is 2.22. The Balaban J connectivity index is 2.02. The molecule has 0 aromatic carbocycles. The molecule has 0 aliphatic heterocycles. The molecule has 1 heterocycles. The van der Waals surface area contributed by atoms with Crippen LogP contribution in [0.3, 0.4) is 0 Å². The summed E-state index contributed by atoms with van der Waals surface area (Å²) in [6.45, 7) is 4.26. The van der Waals surface area contributed by atoms with Gasteiger partial charge in [-0.3, -0.25) is 4.98 Å². The van der Waals surface area contributed by atoms with Crippen LogP contribution in [0.25, 0.3) is 0 Å². The van der Waals surface area contributed by atoms with E-state index in [1.807, 2.05) is 12.4 Å². The predicted molar refractivity (Wildman–Crippen MR) is 67.7 cm³/mol. The minimum Gasteiger partial charge on any atom is -0.373 e. The van der Waals surface area contributed by atoms with Gasteiger partial charge in [0.05, 0.1) is 11.9 Å². The van der Waals surface area contributed by atoms with Crippen molar-refractivity contribution in [2.24, 2.45) is 0 Å². The second-order valence-corrected chi connectivity index (χ2v) is 4.58. The van der Waals surface area contributed by atoms with Crippen molar-refractivity contribution in [3.63, 3.8) is 0 Å². The van der Waals surface area contributed by atoms with Gasteiger partial charge in [0.25, 0.3) is 0 Å². The summed E-state index contributed by atoms with van der Waals surface area (Å²) >= 11 is 0. The van der Waals surface area contributed by atoms with Crippen LogP contribution >= 0.6 is 0 Å². The van der Waals surface area contributed by atoms with Crippen molar-refractivity contribution in [2.45, 2.75) is 38.8 Å². The Labute approximate surface area is 97.9 Å². The van der Waals surface area contributed by atoms with Crippen LogP contribution in [-0.4, -0.2) is 24.6 Å². The number of nitrogens with one attached hydrogen (secondary N) is 1. The van der Waals surface area contributed by atoms with Gasteiger partial charge in [0, 0.05) is 32.4 Å². The molecule has 1 aliphatic carbocycles. The molecule has 0 amide bonds. The number of aromatic nitrogens is 1. The lowest BCUT2D eigenvalue weighted by Gasteiger charge is -2.21. The van der Waals surface area contributed by atoms with Crippen LogP contribution in [0, 0.1) is 0 Å². The van der Waals surface area contributed by atoms with Gasteiger partial charge in [0.2, 0.25) is 0 Å². The third-order valence-electron chi connectivity index (χ3n) is 3.02. The Morgan fingerprint density at radius 2 is 2.31 bits per heavy atom. The largest absolute Gasteiger partial charge is 0.373 e. The summed E-state index contributed by atoms with van der Waals surface area (Å²) in [7, 11) is 2.14. The van der Waals surface area contributed by atoms with E-state index >= 15 is 0 Å². The molecule has 0 radical (unpaired) electrons. The van der Waals surface area contributed by atoms with E-state index in [9.17, 15) is 0 Å². The van der Waals surface area contributed by atoms with Crippen molar-refractivity contribution in [3.8, 4) is 0 Å². The van der Waals surface area contributed by atoms with Gasteiger partial charge in [-0.25, -0.2) is 0 Å². The second kappa shape index (κ2) is 5.30. The molecule has 0 bridgehead atoms. The van der Waals surface area contributed by atoms with E-state index < -0.39 is 0 Å². The maximum atomic E-state index is 4.22. The molecule has 1 N–H and O–H groups in total. The third-order valence-corrected chi connectivity index (χ3v) is 3.02. The monoisotopic (exact) mass is 219 g/mol. The fourth-order valence-electron chi connectivity index (χ4n) is 1.91. The van der Waals surface area contributed by atoms with Crippen molar-refractivity contribution in [1.82, 2.24) is 10.3 Å². The van der Waals surface area contributed by atoms with Crippen molar-refractivity contribution >= 4 is 5.69 Å². The zero-order valence-electron chi connectivity index (χ0n) is 10.2. The van der Waals surface area contributed by atoms with E-state index in [-0.39, 0.29) is 0 Å². The minimum atomic E-state index is 0.762. The van der Waals surface area contributed by atoms with Crippen molar-refractivity contribution in [2.75, 3.05) is 18.5 Å². The maximum absolute atomic E-state index is 4.22. The van der Waals surface area contributed by atoms with Gasteiger partial charge in [-0.15, -0.1) is 0 Å². The molecule has 1 aliphatic rings. The lowest BCUT2D eigenvalue weighted by molar-refractivity contribution is 0.684. The normalized spacial score (nSPS) is 15.1. The summed E-state index contributed by atoms with van der Waals surface area (Å²) in [5.74, 6) is 0. The summed E-state index contributed by atoms with van der Waals surface area (Å²) in [6, 6.07) is 2.88. The van der Waals surface area contributed by atoms with Gasteiger partial charge in [0.15, 0.2) is 0 Å². The first-order valence-electron chi connectivity index (χ1n) is 6.18. The van der Waals surface area contributed by atoms with E-state index in [0.717, 1.165) is 19.1 Å². The Hall–Kier alpha value is -1.09. The minimum absolute atomic E-state index is 0.762. The second-order valence-electron chi connectivity index (χ2n) is 4.58. The smallest absolute Gasteiger partial charge is 0.0595 e. The molecule has 16 heavy (non-hydrogen) atoms. The van der Waals surface area contributed by atoms with Crippen LogP contribution in [0.1, 0.15) is 31.7 Å². The van der Waals surface area contributed by atoms with Gasteiger partial charge in [0.1, 0.15) is 0 Å². The molecule has 1 aromatic rings. The average molecular weight is 219 g/mol. The summed E-state index contributed by atoms with van der Waals surface area (Å²) < 4.78 is 0. The van der Waals surface area contributed by atoms with E-state index in [4.69, 9.17) is 0 Å². The quantitative estimate of drug-likeness (QED) is 0.795. The number of hydrogen-bond acceptors (Lipinski definition) is 3. The van der Waals surface area contributed by atoms with Crippen LogP contribution < -0.4 is 10.2 Å². The van der Waals surface area contributed by atoms with Gasteiger partial charge in [-0.2, -0.15) is 0 Å². The Bertz CT molecular complexity index is 334. The van der Waals surface area contributed by atoms with Crippen LogP contribution in [0.2, 0.25) is 0 Å². The molecule has 0 spiro atoms. The molecule has 0 saturated heterocycles. The molecular weight excluding hydrogens is 198 g/mol. The number of rotatable bonds is 6. The van der Waals surface area contributed by atoms with E-state index in [1.165, 1.54) is 30.5 Å². The summed E-state index contributed by atoms with van der Waals surface area (Å²) in [4.78, 5) is 6.51. The summed E-state index contributed by atoms with van der Waals surface area (Å²) in [5, 5.41) is 3.56. The SMILES string of the molecule is CCCN(C)c1cnccc1CNC1CC1. The molecular formula is C13H21N3. The van der Waals surface area contributed by atoms with Crippen LogP contribution in [0.4, 0.5) is 5.69 Å². The zero-order chi connectivity index (χ0) is 11.4. The topological polar surface area (TPSA) is 28.2 Å². The summed E-state index contributed by atoms with van der Waals surface area (Å²) in [6.07, 6.45) is 7.70. The number of pyridine rings is 1. The third kappa shape index (κ3) is 2.95. The Morgan fingerprint density at radius 3 is 3.00 bits per heavy atom. The molecule has 1 aromatic heterocycles. The molecule has 0 atom stereocenters. The van der Waals surface area contributed by atoms with Gasteiger partial charge >= 0.3 is 0 Å². The standard InChI is InChI=1S/C13H21N3/c1-3-8-16(2)13-10-14-7-6-11(13)9-15-12-4-5-12/h6-7,10,12,15H,3-5,8-9H2,1-2H3. The molecule has 3 heteroatoms. The van der Waals surface area contributed by atoms with E-state index in [2.05, 4.69) is 35.2 Å².